The van der Waals surface area contributed by atoms with Crippen LogP contribution in [0.15, 0.2) is 36.7 Å². The molecule has 1 atom stereocenters. The number of pyridine rings is 1. The molecule has 22 heavy (non-hydrogen) atoms. The highest BCUT2D eigenvalue weighted by molar-refractivity contribution is 6.02. The van der Waals surface area contributed by atoms with E-state index in [0.717, 1.165) is 27.6 Å². The molecule has 1 aromatic carbocycles. The molecule has 1 aliphatic carbocycles. The van der Waals surface area contributed by atoms with Gasteiger partial charge < -0.3 is 14.8 Å². The van der Waals surface area contributed by atoms with Crippen LogP contribution in [0.4, 0.5) is 0 Å². The van der Waals surface area contributed by atoms with Crippen LogP contribution in [0.25, 0.3) is 22.0 Å². The number of nitrogens with one attached hydrogen (secondary N) is 1. The average Bonchev–Trinajstić information content (AvgIpc) is 2.97. The Morgan fingerprint density at radius 1 is 1.41 bits per heavy atom. The molecule has 5 heteroatoms. The lowest BCUT2D eigenvalue weighted by molar-refractivity contribution is 0.0525. The molecule has 0 fully saturated rings. The van der Waals surface area contributed by atoms with Gasteiger partial charge in [0, 0.05) is 34.4 Å². The SMILES string of the molecule is CCOC(=O)c1cnc2c(c1)-c1cccc3[nH]cc(c13)C2O. The molecule has 3 aromatic rings. The van der Waals surface area contributed by atoms with E-state index >= 15 is 0 Å². The molecular formula is C17H14N2O3. The zero-order valence-corrected chi connectivity index (χ0v) is 12.0. The highest BCUT2D eigenvalue weighted by Gasteiger charge is 2.28. The van der Waals surface area contributed by atoms with Gasteiger partial charge in [-0.15, -0.1) is 0 Å². The predicted molar refractivity (Wildman–Crippen MR) is 81.5 cm³/mol. The van der Waals surface area contributed by atoms with Crippen LogP contribution in [0.1, 0.15) is 34.6 Å². The Hall–Kier alpha value is -2.66. The van der Waals surface area contributed by atoms with Gasteiger partial charge in [0.25, 0.3) is 0 Å². The molecular weight excluding hydrogens is 280 g/mol. The number of rotatable bonds is 2. The molecule has 1 unspecified atom stereocenters. The number of carbonyl (C=O) groups is 1. The third-order valence-electron chi connectivity index (χ3n) is 4.01. The average molecular weight is 294 g/mol. The molecule has 0 amide bonds. The summed E-state index contributed by atoms with van der Waals surface area (Å²) in [6.07, 6.45) is 2.47. The quantitative estimate of drug-likeness (QED) is 0.713. The molecule has 2 N–H and O–H groups in total. The summed E-state index contributed by atoms with van der Waals surface area (Å²) >= 11 is 0. The first-order valence-corrected chi connectivity index (χ1v) is 7.16. The van der Waals surface area contributed by atoms with Crippen molar-refractivity contribution < 1.29 is 14.6 Å². The number of fused-ring (bicyclic) bond motifs is 2. The van der Waals surface area contributed by atoms with Crippen LogP contribution >= 0.6 is 0 Å². The number of esters is 1. The molecule has 0 radical (unpaired) electrons. The molecule has 5 nitrogen and oxygen atoms in total. The topological polar surface area (TPSA) is 75.2 Å². The normalized spacial score (nSPS) is 15.6. The van der Waals surface area contributed by atoms with Gasteiger partial charge in [-0.3, -0.25) is 4.98 Å². The molecule has 0 bridgehead atoms. The first-order chi connectivity index (χ1) is 10.7. The van der Waals surface area contributed by atoms with Crippen LogP contribution in [0, 0.1) is 0 Å². The van der Waals surface area contributed by atoms with E-state index in [1.807, 2.05) is 24.4 Å². The third kappa shape index (κ3) is 1.69. The number of aromatic amines is 1. The number of hydrogen-bond acceptors (Lipinski definition) is 4. The third-order valence-corrected chi connectivity index (χ3v) is 4.01. The first-order valence-electron chi connectivity index (χ1n) is 7.16. The zero-order chi connectivity index (χ0) is 15.3. The number of nitrogens with zero attached hydrogens (tertiary/aromatic N) is 1. The largest absolute Gasteiger partial charge is 0.462 e. The molecule has 0 spiro atoms. The van der Waals surface area contributed by atoms with E-state index in [1.54, 1.807) is 13.0 Å². The summed E-state index contributed by atoms with van der Waals surface area (Å²) in [4.78, 5) is 19.4. The Morgan fingerprint density at radius 2 is 2.27 bits per heavy atom. The van der Waals surface area contributed by atoms with Gasteiger partial charge in [0.15, 0.2) is 0 Å². The Balaban J connectivity index is 1.97. The number of aliphatic hydroxyl groups is 1. The maximum atomic E-state index is 11.9. The van der Waals surface area contributed by atoms with Gasteiger partial charge >= 0.3 is 5.97 Å². The van der Waals surface area contributed by atoms with E-state index in [1.165, 1.54) is 6.20 Å². The fourth-order valence-corrected chi connectivity index (χ4v) is 3.03. The van der Waals surface area contributed by atoms with Crippen molar-refractivity contribution in [3.05, 3.63) is 53.5 Å². The van der Waals surface area contributed by atoms with Crippen molar-refractivity contribution in [3.8, 4) is 11.1 Å². The Bertz CT molecular complexity index is 898. The molecule has 4 rings (SSSR count). The van der Waals surface area contributed by atoms with Gasteiger partial charge in [0.1, 0.15) is 6.10 Å². The maximum absolute atomic E-state index is 11.9. The Morgan fingerprint density at radius 3 is 3.09 bits per heavy atom. The van der Waals surface area contributed by atoms with E-state index in [0.29, 0.717) is 17.9 Å². The lowest BCUT2D eigenvalue weighted by Crippen LogP contribution is -2.12. The highest BCUT2D eigenvalue weighted by Crippen LogP contribution is 2.43. The minimum Gasteiger partial charge on any atom is -0.462 e. The van der Waals surface area contributed by atoms with Crippen LogP contribution in [0.5, 0.6) is 0 Å². The number of aromatic nitrogens is 2. The molecule has 1 aliphatic rings. The van der Waals surface area contributed by atoms with Gasteiger partial charge in [-0.25, -0.2) is 4.79 Å². The van der Waals surface area contributed by atoms with Crippen molar-refractivity contribution in [3.63, 3.8) is 0 Å². The minimum absolute atomic E-state index is 0.316. The van der Waals surface area contributed by atoms with Crippen LogP contribution in [0.2, 0.25) is 0 Å². The smallest absolute Gasteiger partial charge is 0.339 e. The number of hydrogen-bond donors (Lipinski definition) is 2. The van der Waals surface area contributed by atoms with Gasteiger partial charge in [-0.05, 0) is 24.6 Å². The second kappa shape index (κ2) is 4.68. The van der Waals surface area contributed by atoms with Crippen LogP contribution in [0.3, 0.4) is 0 Å². The molecule has 0 saturated carbocycles. The van der Waals surface area contributed by atoms with Crippen molar-refractivity contribution in [1.82, 2.24) is 9.97 Å². The van der Waals surface area contributed by atoms with Crippen LogP contribution in [-0.4, -0.2) is 27.7 Å². The van der Waals surface area contributed by atoms with E-state index < -0.39 is 12.1 Å². The number of aliphatic hydroxyl groups excluding tert-OH is 1. The lowest BCUT2D eigenvalue weighted by atomic mass is 9.87. The number of ether oxygens (including phenoxy) is 1. The van der Waals surface area contributed by atoms with E-state index in [4.69, 9.17) is 4.74 Å². The molecule has 0 saturated heterocycles. The summed E-state index contributed by atoms with van der Waals surface area (Å²) in [5.41, 5.74) is 4.47. The summed E-state index contributed by atoms with van der Waals surface area (Å²) in [5, 5.41) is 11.5. The highest BCUT2D eigenvalue weighted by atomic mass is 16.5. The fraction of sp³-hybridized carbons (Fsp3) is 0.176. The molecule has 0 aliphatic heterocycles. The summed E-state index contributed by atoms with van der Waals surface area (Å²) < 4.78 is 5.03. The van der Waals surface area contributed by atoms with Crippen LogP contribution < -0.4 is 0 Å². The molecule has 110 valence electrons. The minimum atomic E-state index is -0.796. The molecule has 2 aromatic heterocycles. The number of benzene rings is 1. The number of carbonyl (C=O) groups excluding carboxylic acids is 1. The fourth-order valence-electron chi connectivity index (χ4n) is 3.03. The maximum Gasteiger partial charge on any atom is 0.339 e. The second-order valence-corrected chi connectivity index (χ2v) is 5.25. The Labute approximate surface area is 126 Å². The van der Waals surface area contributed by atoms with E-state index in [9.17, 15) is 9.90 Å². The summed E-state index contributed by atoms with van der Waals surface area (Å²) in [7, 11) is 0. The van der Waals surface area contributed by atoms with Gasteiger partial charge in [0.2, 0.25) is 0 Å². The standard InChI is InChI=1S/C17H14N2O3/c1-2-22-17(21)9-6-11-10-4-3-5-13-14(10)12(8-18-13)16(20)15(11)19-7-9/h3-8,16,18,20H,2H2,1H3. The predicted octanol–water partition coefficient (Wildman–Crippen LogP) is 2.80. The number of H-pyrrole nitrogens is 1. The van der Waals surface area contributed by atoms with E-state index in [-0.39, 0.29) is 0 Å². The zero-order valence-electron chi connectivity index (χ0n) is 12.0. The van der Waals surface area contributed by atoms with Crippen LogP contribution in [-0.2, 0) is 4.74 Å². The van der Waals surface area contributed by atoms with Crippen molar-refractivity contribution in [1.29, 1.82) is 0 Å². The van der Waals surface area contributed by atoms with Crippen molar-refractivity contribution in [2.45, 2.75) is 13.0 Å². The summed E-state index contributed by atoms with van der Waals surface area (Å²) in [6, 6.07) is 7.62. The first kappa shape index (κ1) is 13.0. The van der Waals surface area contributed by atoms with Crippen molar-refractivity contribution in [2.24, 2.45) is 0 Å². The second-order valence-electron chi connectivity index (χ2n) is 5.25. The summed E-state index contributed by atoms with van der Waals surface area (Å²) in [5.74, 6) is -0.403. The lowest BCUT2D eigenvalue weighted by Gasteiger charge is -2.21. The Kier molecular flexibility index (Phi) is 2.77. The van der Waals surface area contributed by atoms with Crippen molar-refractivity contribution >= 4 is 16.9 Å². The van der Waals surface area contributed by atoms with Gasteiger partial charge in [0.05, 0.1) is 17.9 Å². The van der Waals surface area contributed by atoms with E-state index in [2.05, 4.69) is 9.97 Å². The molecule has 2 heterocycles. The van der Waals surface area contributed by atoms with Gasteiger partial charge in [-0.1, -0.05) is 12.1 Å². The van der Waals surface area contributed by atoms with Crippen molar-refractivity contribution in [2.75, 3.05) is 6.61 Å². The van der Waals surface area contributed by atoms with Gasteiger partial charge in [-0.2, -0.15) is 0 Å². The summed E-state index contributed by atoms with van der Waals surface area (Å²) in [6.45, 7) is 2.08. The monoisotopic (exact) mass is 294 g/mol.